The number of furan rings is 1. The third kappa shape index (κ3) is 1.91. The minimum Gasteiger partial charge on any atom is -0.454 e. The van der Waals surface area contributed by atoms with Gasteiger partial charge in [0.1, 0.15) is 5.58 Å². The molecule has 2 aromatic heterocycles. The number of benzene rings is 3. The van der Waals surface area contributed by atoms with E-state index < -0.39 is 0 Å². The van der Waals surface area contributed by atoms with Gasteiger partial charge in [0.25, 0.3) is 0 Å². The number of para-hydroxylation sites is 1. The lowest BCUT2D eigenvalue weighted by Gasteiger charge is -2.19. The first-order valence-corrected chi connectivity index (χ1v) is 8.78. The van der Waals surface area contributed by atoms with E-state index in [0.29, 0.717) is 0 Å². The zero-order valence-electron chi connectivity index (χ0n) is 15.1. The average molecular weight is 327 g/mol. The van der Waals surface area contributed by atoms with Gasteiger partial charge in [-0.25, -0.2) is 0 Å². The summed E-state index contributed by atoms with van der Waals surface area (Å²) in [4.78, 5) is 0. The van der Waals surface area contributed by atoms with Gasteiger partial charge < -0.3 is 8.98 Å². The second-order valence-corrected chi connectivity index (χ2v) is 7.98. The first kappa shape index (κ1) is 14.6. The van der Waals surface area contributed by atoms with Crippen LogP contribution in [-0.2, 0) is 12.5 Å². The van der Waals surface area contributed by atoms with E-state index in [1.807, 2.05) is 12.1 Å². The highest BCUT2D eigenvalue weighted by Crippen LogP contribution is 2.39. The van der Waals surface area contributed by atoms with Gasteiger partial charge in [-0.15, -0.1) is 0 Å². The summed E-state index contributed by atoms with van der Waals surface area (Å²) in [6, 6.07) is 19.5. The highest BCUT2D eigenvalue weighted by atomic mass is 16.3. The lowest BCUT2D eigenvalue weighted by Crippen LogP contribution is -2.10. The second-order valence-electron chi connectivity index (χ2n) is 7.98. The Morgan fingerprint density at radius 2 is 1.52 bits per heavy atom. The summed E-state index contributed by atoms with van der Waals surface area (Å²) in [5.74, 6) is 0. The Morgan fingerprint density at radius 3 is 2.32 bits per heavy atom. The molecule has 5 aromatic rings. The minimum absolute atomic E-state index is 0.138. The summed E-state index contributed by atoms with van der Waals surface area (Å²) in [5, 5.41) is 4.91. The summed E-state index contributed by atoms with van der Waals surface area (Å²) in [5.41, 5.74) is 5.86. The highest BCUT2D eigenvalue weighted by molar-refractivity contribution is 6.20. The van der Waals surface area contributed by atoms with Gasteiger partial charge in [0.2, 0.25) is 0 Å². The predicted molar refractivity (Wildman–Crippen MR) is 106 cm³/mol. The van der Waals surface area contributed by atoms with Crippen molar-refractivity contribution in [2.24, 2.45) is 7.05 Å². The van der Waals surface area contributed by atoms with Gasteiger partial charge >= 0.3 is 0 Å². The Balaban J connectivity index is 1.97. The fourth-order valence-electron chi connectivity index (χ4n) is 3.95. The molecule has 0 atom stereocenters. The molecule has 5 rings (SSSR count). The zero-order valence-corrected chi connectivity index (χ0v) is 15.1. The van der Waals surface area contributed by atoms with E-state index in [9.17, 15) is 0 Å². The largest absolute Gasteiger partial charge is 0.454 e. The van der Waals surface area contributed by atoms with E-state index >= 15 is 0 Å². The lowest BCUT2D eigenvalue weighted by atomic mass is 9.86. The zero-order chi connectivity index (χ0) is 17.3. The maximum absolute atomic E-state index is 6.25. The molecule has 0 N–H and O–H groups in total. The van der Waals surface area contributed by atoms with Crippen molar-refractivity contribution in [1.29, 1.82) is 0 Å². The van der Waals surface area contributed by atoms with E-state index in [2.05, 4.69) is 74.9 Å². The minimum atomic E-state index is 0.138. The third-order valence-corrected chi connectivity index (χ3v) is 5.37. The van der Waals surface area contributed by atoms with Gasteiger partial charge in [-0.05, 0) is 29.2 Å². The van der Waals surface area contributed by atoms with Gasteiger partial charge in [0, 0.05) is 34.1 Å². The van der Waals surface area contributed by atoms with Gasteiger partial charge in [-0.3, -0.25) is 0 Å². The topological polar surface area (TPSA) is 18.1 Å². The fourth-order valence-corrected chi connectivity index (χ4v) is 3.95. The summed E-state index contributed by atoms with van der Waals surface area (Å²) in [6.45, 7) is 6.77. The van der Waals surface area contributed by atoms with Crippen LogP contribution in [0.5, 0.6) is 0 Å². The molecule has 0 saturated heterocycles. The highest BCUT2D eigenvalue weighted by Gasteiger charge is 2.19. The quantitative estimate of drug-likeness (QED) is 0.316. The molecular formula is C23H21NO. The van der Waals surface area contributed by atoms with Crippen molar-refractivity contribution in [1.82, 2.24) is 4.57 Å². The van der Waals surface area contributed by atoms with Gasteiger partial charge in [0.05, 0.1) is 5.52 Å². The number of aromatic nitrogens is 1. The van der Waals surface area contributed by atoms with Crippen molar-refractivity contribution in [3.05, 3.63) is 60.2 Å². The number of fused-ring (bicyclic) bond motifs is 7. The van der Waals surface area contributed by atoms with Crippen molar-refractivity contribution in [3.63, 3.8) is 0 Å². The van der Waals surface area contributed by atoms with Crippen LogP contribution in [-0.4, -0.2) is 4.57 Å². The molecule has 0 aliphatic heterocycles. The molecule has 25 heavy (non-hydrogen) atoms. The van der Waals surface area contributed by atoms with E-state index in [4.69, 9.17) is 4.42 Å². The molecule has 0 aliphatic carbocycles. The standard InChI is InChI=1S/C23H21NO/c1-23(2,3)14-9-10-15-17-11-12-18-16-7-5-6-8-20(16)25-22(18)21(17)24(4)19(15)13-14/h5-13H,1-4H3. The molecule has 0 saturated carbocycles. The molecule has 2 heteroatoms. The molecule has 0 fully saturated rings. The van der Waals surface area contributed by atoms with E-state index in [0.717, 1.165) is 11.2 Å². The molecule has 0 aliphatic rings. The maximum atomic E-state index is 6.25. The van der Waals surface area contributed by atoms with Crippen molar-refractivity contribution in [2.75, 3.05) is 0 Å². The Hall–Kier alpha value is -2.74. The monoisotopic (exact) mass is 327 g/mol. The second kappa shape index (κ2) is 4.66. The molecule has 0 amide bonds. The maximum Gasteiger partial charge on any atom is 0.159 e. The Labute approximate surface area is 146 Å². The van der Waals surface area contributed by atoms with Crippen molar-refractivity contribution in [3.8, 4) is 0 Å². The first-order chi connectivity index (χ1) is 11.9. The molecule has 0 bridgehead atoms. The average Bonchev–Trinajstić information content (AvgIpc) is 3.10. The van der Waals surface area contributed by atoms with Crippen LogP contribution in [0.3, 0.4) is 0 Å². The van der Waals surface area contributed by atoms with Gasteiger partial charge in [0.15, 0.2) is 5.58 Å². The van der Waals surface area contributed by atoms with Crippen molar-refractivity contribution in [2.45, 2.75) is 26.2 Å². The molecule has 2 nitrogen and oxygen atoms in total. The smallest absolute Gasteiger partial charge is 0.159 e. The van der Waals surface area contributed by atoms with Gasteiger partial charge in [-0.1, -0.05) is 57.2 Å². The van der Waals surface area contributed by atoms with E-state index in [-0.39, 0.29) is 5.41 Å². The van der Waals surface area contributed by atoms with Crippen LogP contribution in [0.15, 0.2) is 59.0 Å². The summed E-state index contributed by atoms with van der Waals surface area (Å²) in [7, 11) is 2.14. The number of rotatable bonds is 0. The van der Waals surface area contributed by atoms with Crippen LogP contribution in [0.4, 0.5) is 0 Å². The van der Waals surface area contributed by atoms with Crippen LogP contribution in [0.1, 0.15) is 26.3 Å². The fraction of sp³-hybridized carbons (Fsp3) is 0.217. The molecule has 0 spiro atoms. The SMILES string of the molecule is Cn1c2cc(C(C)(C)C)ccc2c2ccc3c4ccccc4oc3c21. The summed E-state index contributed by atoms with van der Waals surface area (Å²) < 4.78 is 8.54. The number of nitrogens with zero attached hydrogens (tertiary/aromatic N) is 1. The lowest BCUT2D eigenvalue weighted by molar-refractivity contribution is 0.591. The Morgan fingerprint density at radius 1 is 0.800 bits per heavy atom. The predicted octanol–water partition coefficient (Wildman–Crippen LogP) is 6.53. The van der Waals surface area contributed by atoms with E-state index in [1.165, 1.54) is 38.1 Å². The number of aryl methyl sites for hydroxylation is 1. The van der Waals surface area contributed by atoms with Crippen LogP contribution in [0.25, 0.3) is 43.7 Å². The van der Waals surface area contributed by atoms with Crippen LogP contribution >= 0.6 is 0 Å². The van der Waals surface area contributed by atoms with Crippen LogP contribution in [0.2, 0.25) is 0 Å². The Bertz CT molecular complexity index is 1280. The number of hydrogen-bond acceptors (Lipinski definition) is 1. The van der Waals surface area contributed by atoms with E-state index in [1.54, 1.807) is 0 Å². The molecular weight excluding hydrogens is 306 g/mol. The van der Waals surface area contributed by atoms with Crippen molar-refractivity contribution < 1.29 is 4.42 Å². The normalized spacial score (nSPS) is 12.8. The molecule has 124 valence electrons. The molecule has 2 heterocycles. The van der Waals surface area contributed by atoms with Gasteiger partial charge in [-0.2, -0.15) is 0 Å². The Kier molecular flexibility index (Phi) is 2.72. The molecule has 3 aromatic carbocycles. The van der Waals surface area contributed by atoms with Crippen LogP contribution < -0.4 is 0 Å². The number of hydrogen-bond donors (Lipinski definition) is 0. The summed E-state index contributed by atoms with van der Waals surface area (Å²) in [6.07, 6.45) is 0. The summed E-state index contributed by atoms with van der Waals surface area (Å²) >= 11 is 0. The molecule has 0 unspecified atom stereocenters. The molecule has 0 radical (unpaired) electrons. The van der Waals surface area contributed by atoms with Crippen molar-refractivity contribution >= 4 is 43.7 Å². The third-order valence-electron chi connectivity index (χ3n) is 5.37. The first-order valence-electron chi connectivity index (χ1n) is 8.78. The van der Waals surface area contributed by atoms with Crippen LogP contribution in [0, 0.1) is 0 Å².